The van der Waals surface area contributed by atoms with Crippen molar-refractivity contribution >= 4 is 10.8 Å². The lowest BCUT2D eigenvalue weighted by Crippen LogP contribution is -2.29. The third kappa shape index (κ3) is 4.21. The van der Waals surface area contributed by atoms with Crippen molar-refractivity contribution in [2.24, 2.45) is 0 Å². The van der Waals surface area contributed by atoms with Gasteiger partial charge in [-0.3, -0.25) is 4.21 Å². The maximum Gasteiger partial charge on any atom is 0.126 e. The van der Waals surface area contributed by atoms with Crippen molar-refractivity contribution in [3.05, 3.63) is 35.1 Å². The molecule has 0 aliphatic carbocycles. The highest BCUT2D eigenvalue weighted by Gasteiger charge is 2.10. The van der Waals surface area contributed by atoms with Crippen LogP contribution in [0.4, 0.5) is 4.39 Å². The van der Waals surface area contributed by atoms with Gasteiger partial charge in [0.25, 0.3) is 0 Å². The zero-order chi connectivity index (χ0) is 13.0. The zero-order valence-electron chi connectivity index (χ0n) is 10.8. The fourth-order valence-electron chi connectivity index (χ4n) is 1.46. The van der Waals surface area contributed by atoms with E-state index in [1.807, 2.05) is 19.9 Å². The number of rotatable bonds is 5. The first-order valence-electron chi connectivity index (χ1n) is 5.73. The van der Waals surface area contributed by atoms with Gasteiger partial charge in [0.05, 0.1) is 0 Å². The predicted molar refractivity (Wildman–Crippen MR) is 71.1 cm³/mol. The standard InChI is InChI=1S/C13H20FNOS/c1-9-5-6-12(7-13(9)14)11(3)15-8-10(2)17(4)16/h5-7,10-11,15H,8H2,1-4H3. The molecule has 0 bridgehead atoms. The van der Waals surface area contributed by atoms with Gasteiger partial charge < -0.3 is 5.32 Å². The summed E-state index contributed by atoms with van der Waals surface area (Å²) in [5.41, 5.74) is 1.58. The molecule has 2 nitrogen and oxygen atoms in total. The van der Waals surface area contributed by atoms with Gasteiger partial charge in [-0.1, -0.05) is 12.1 Å². The summed E-state index contributed by atoms with van der Waals surface area (Å²) in [7, 11) is -0.828. The number of hydrogen-bond donors (Lipinski definition) is 1. The summed E-state index contributed by atoms with van der Waals surface area (Å²) in [4.78, 5) is 0. The summed E-state index contributed by atoms with van der Waals surface area (Å²) < 4.78 is 24.6. The van der Waals surface area contributed by atoms with Crippen LogP contribution in [0.5, 0.6) is 0 Å². The molecule has 0 aliphatic rings. The summed E-state index contributed by atoms with van der Waals surface area (Å²) in [5, 5.41) is 3.37. The van der Waals surface area contributed by atoms with Gasteiger partial charge in [-0.25, -0.2) is 4.39 Å². The van der Waals surface area contributed by atoms with Gasteiger partial charge >= 0.3 is 0 Å². The molecule has 1 N–H and O–H groups in total. The van der Waals surface area contributed by atoms with Gasteiger partial charge in [0, 0.05) is 34.9 Å². The van der Waals surface area contributed by atoms with Crippen LogP contribution in [0.2, 0.25) is 0 Å². The zero-order valence-corrected chi connectivity index (χ0v) is 11.6. The topological polar surface area (TPSA) is 29.1 Å². The Morgan fingerprint density at radius 1 is 1.41 bits per heavy atom. The highest BCUT2D eigenvalue weighted by molar-refractivity contribution is 7.84. The van der Waals surface area contributed by atoms with E-state index >= 15 is 0 Å². The largest absolute Gasteiger partial charge is 0.309 e. The third-order valence-electron chi connectivity index (χ3n) is 2.97. The number of aryl methyl sites for hydroxylation is 1. The molecule has 1 aromatic rings. The van der Waals surface area contributed by atoms with Crippen molar-refractivity contribution in [1.82, 2.24) is 5.32 Å². The first-order chi connectivity index (χ1) is 7.91. The minimum atomic E-state index is -0.828. The molecule has 1 rings (SSSR count). The normalized spacial score (nSPS) is 16.5. The van der Waals surface area contributed by atoms with E-state index in [9.17, 15) is 8.60 Å². The molecule has 96 valence electrons. The Morgan fingerprint density at radius 3 is 2.59 bits per heavy atom. The van der Waals surface area contributed by atoms with E-state index in [0.29, 0.717) is 12.1 Å². The second-order valence-electron chi connectivity index (χ2n) is 4.45. The molecular formula is C13H20FNOS. The SMILES string of the molecule is Cc1ccc(C(C)NCC(C)S(C)=O)cc1F. The summed E-state index contributed by atoms with van der Waals surface area (Å²) in [6.45, 7) is 6.33. The van der Waals surface area contributed by atoms with Crippen LogP contribution in [0, 0.1) is 12.7 Å². The van der Waals surface area contributed by atoms with E-state index in [1.54, 1.807) is 25.3 Å². The Bertz CT molecular complexity index is 408. The van der Waals surface area contributed by atoms with Crippen LogP contribution >= 0.6 is 0 Å². The van der Waals surface area contributed by atoms with E-state index in [1.165, 1.54) is 0 Å². The highest BCUT2D eigenvalue weighted by Crippen LogP contribution is 2.16. The second-order valence-corrected chi connectivity index (χ2v) is 6.25. The smallest absolute Gasteiger partial charge is 0.126 e. The van der Waals surface area contributed by atoms with Crippen molar-refractivity contribution in [3.8, 4) is 0 Å². The summed E-state index contributed by atoms with van der Waals surface area (Å²) >= 11 is 0. The van der Waals surface area contributed by atoms with E-state index in [4.69, 9.17) is 0 Å². The van der Waals surface area contributed by atoms with Crippen LogP contribution in [0.1, 0.15) is 31.0 Å². The lowest BCUT2D eigenvalue weighted by Gasteiger charge is -2.17. The van der Waals surface area contributed by atoms with Crippen molar-refractivity contribution in [3.63, 3.8) is 0 Å². The van der Waals surface area contributed by atoms with Gasteiger partial charge in [0.15, 0.2) is 0 Å². The summed E-state index contributed by atoms with van der Waals surface area (Å²) in [5.74, 6) is -0.178. The van der Waals surface area contributed by atoms with Crippen LogP contribution in [0.15, 0.2) is 18.2 Å². The van der Waals surface area contributed by atoms with Gasteiger partial charge in [-0.2, -0.15) is 0 Å². The molecule has 0 aromatic heterocycles. The molecule has 0 spiro atoms. The molecule has 0 heterocycles. The fourth-order valence-corrected chi connectivity index (χ4v) is 1.79. The van der Waals surface area contributed by atoms with Gasteiger partial charge in [0.2, 0.25) is 0 Å². The Morgan fingerprint density at radius 2 is 2.06 bits per heavy atom. The van der Waals surface area contributed by atoms with Crippen LogP contribution in [0.3, 0.4) is 0 Å². The number of benzene rings is 1. The van der Waals surface area contributed by atoms with E-state index in [-0.39, 0.29) is 17.1 Å². The molecule has 0 aliphatic heterocycles. The number of hydrogen-bond acceptors (Lipinski definition) is 2. The molecule has 0 amide bonds. The van der Waals surface area contributed by atoms with Gasteiger partial charge in [-0.05, 0) is 38.0 Å². The molecule has 0 saturated carbocycles. The first kappa shape index (κ1) is 14.3. The highest BCUT2D eigenvalue weighted by atomic mass is 32.2. The second kappa shape index (κ2) is 6.26. The number of halogens is 1. The Kier molecular flexibility index (Phi) is 5.28. The molecule has 1 aromatic carbocycles. The Labute approximate surface area is 105 Å². The van der Waals surface area contributed by atoms with E-state index in [2.05, 4.69) is 5.32 Å². The molecule has 3 atom stereocenters. The molecule has 3 unspecified atom stereocenters. The van der Waals surface area contributed by atoms with Gasteiger partial charge in [0.1, 0.15) is 5.82 Å². The predicted octanol–water partition coefficient (Wildman–Crippen LogP) is 2.55. The quantitative estimate of drug-likeness (QED) is 0.878. The van der Waals surface area contributed by atoms with Crippen molar-refractivity contribution in [2.75, 3.05) is 12.8 Å². The Hall–Kier alpha value is -0.740. The van der Waals surface area contributed by atoms with Crippen LogP contribution in [0.25, 0.3) is 0 Å². The van der Waals surface area contributed by atoms with Crippen molar-refractivity contribution < 1.29 is 8.60 Å². The minimum absolute atomic E-state index is 0.0658. The average molecular weight is 257 g/mol. The van der Waals surface area contributed by atoms with E-state index < -0.39 is 10.8 Å². The van der Waals surface area contributed by atoms with E-state index in [0.717, 1.165) is 5.56 Å². The molecule has 17 heavy (non-hydrogen) atoms. The average Bonchev–Trinajstić information content (AvgIpc) is 2.28. The minimum Gasteiger partial charge on any atom is -0.309 e. The van der Waals surface area contributed by atoms with Crippen molar-refractivity contribution in [1.29, 1.82) is 0 Å². The molecule has 0 fully saturated rings. The molecule has 0 saturated heterocycles. The lowest BCUT2D eigenvalue weighted by molar-refractivity contribution is 0.559. The monoisotopic (exact) mass is 257 g/mol. The summed E-state index contributed by atoms with van der Waals surface area (Å²) in [6, 6.07) is 5.32. The van der Waals surface area contributed by atoms with Crippen LogP contribution < -0.4 is 5.32 Å². The Balaban J connectivity index is 2.60. The van der Waals surface area contributed by atoms with Gasteiger partial charge in [-0.15, -0.1) is 0 Å². The fraction of sp³-hybridized carbons (Fsp3) is 0.538. The maximum atomic E-state index is 13.4. The number of nitrogens with one attached hydrogen (secondary N) is 1. The maximum absolute atomic E-state index is 13.4. The van der Waals surface area contributed by atoms with Crippen molar-refractivity contribution in [2.45, 2.75) is 32.1 Å². The summed E-state index contributed by atoms with van der Waals surface area (Å²) in [6.07, 6.45) is 1.70. The first-order valence-corrected chi connectivity index (χ1v) is 7.35. The molecule has 0 radical (unpaired) electrons. The van der Waals surface area contributed by atoms with Crippen LogP contribution in [-0.2, 0) is 10.8 Å². The molecular weight excluding hydrogens is 237 g/mol. The molecule has 4 heteroatoms. The lowest BCUT2D eigenvalue weighted by atomic mass is 10.1. The third-order valence-corrected chi connectivity index (χ3v) is 4.27. The van der Waals surface area contributed by atoms with Crippen LogP contribution in [-0.4, -0.2) is 22.3 Å².